The average Bonchev–Trinajstić information content (AvgIpc) is 2.89. The van der Waals surface area contributed by atoms with Crippen LogP contribution in [0.15, 0.2) is 30.7 Å². The third-order valence-corrected chi connectivity index (χ3v) is 4.13. The molecule has 0 bridgehead atoms. The molecule has 1 N–H and O–H groups in total. The number of rotatable bonds is 2. The molecule has 1 aliphatic heterocycles. The quantitative estimate of drug-likeness (QED) is 0.917. The summed E-state index contributed by atoms with van der Waals surface area (Å²) in [7, 11) is 0. The van der Waals surface area contributed by atoms with Crippen LogP contribution in [0.2, 0.25) is 10.0 Å². The van der Waals surface area contributed by atoms with E-state index in [-0.39, 0.29) is 0 Å². The van der Waals surface area contributed by atoms with Gasteiger partial charge in [-0.3, -0.25) is 0 Å². The summed E-state index contributed by atoms with van der Waals surface area (Å²) in [4.78, 5) is 4.29. The van der Waals surface area contributed by atoms with Crippen molar-refractivity contribution in [2.24, 2.45) is 0 Å². The van der Waals surface area contributed by atoms with Crippen LogP contribution in [0.3, 0.4) is 0 Å². The molecule has 1 aromatic carbocycles. The van der Waals surface area contributed by atoms with Gasteiger partial charge in [0.1, 0.15) is 0 Å². The maximum atomic E-state index is 6.29. The first-order valence-electron chi connectivity index (χ1n) is 6.44. The molecule has 3 rings (SSSR count). The first-order valence-corrected chi connectivity index (χ1v) is 7.19. The molecule has 0 saturated carbocycles. The van der Waals surface area contributed by atoms with Crippen LogP contribution in [0, 0.1) is 0 Å². The number of benzene rings is 1. The normalized spacial score (nSPS) is 16.7. The molecule has 19 heavy (non-hydrogen) atoms. The minimum atomic E-state index is 0.537. The van der Waals surface area contributed by atoms with Crippen LogP contribution in [0.4, 0.5) is 0 Å². The van der Waals surface area contributed by atoms with Crippen molar-refractivity contribution in [1.82, 2.24) is 14.9 Å². The van der Waals surface area contributed by atoms with E-state index in [0.29, 0.717) is 16.0 Å². The number of halogens is 2. The number of nitrogens with zero attached hydrogens (tertiary/aromatic N) is 2. The number of aromatic nitrogens is 2. The summed E-state index contributed by atoms with van der Waals surface area (Å²) >= 11 is 12.2. The van der Waals surface area contributed by atoms with Gasteiger partial charge in [-0.15, -0.1) is 0 Å². The Bertz CT molecular complexity index is 574. The molecule has 2 aromatic rings. The molecular weight excluding hydrogens is 281 g/mol. The molecule has 3 nitrogen and oxygen atoms in total. The van der Waals surface area contributed by atoms with Crippen molar-refractivity contribution in [2.75, 3.05) is 13.1 Å². The van der Waals surface area contributed by atoms with Crippen LogP contribution in [0.5, 0.6) is 0 Å². The Morgan fingerprint density at radius 3 is 2.74 bits per heavy atom. The van der Waals surface area contributed by atoms with Gasteiger partial charge in [0, 0.05) is 22.8 Å². The van der Waals surface area contributed by atoms with E-state index in [1.165, 1.54) is 5.69 Å². The molecule has 2 heterocycles. The molecule has 1 aromatic heterocycles. The largest absolute Gasteiger partial charge is 0.317 e. The Morgan fingerprint density at radius 1 is 1.21 bits per heavy atom. The lowest BCUT2D eigenvalue weighted by molar-refractivity contribution is 0.449. The van der Waals surface area contributed by atoms with Gasteiger partial charge in [-0.05, 0) is 44.1 Å². The molecule has 0 unspecified atom stereocenters. The van der Waals surface area contributed by atoms with Crippen LogP contribution in [-0.4, -0.2) is 22.6 Å². The van der Waals surface area contributed by atoms with Crippen molar-refractivity contribution in [3.63, 3.8) is 0 Å². The highest BCUT2D eigenvalue weighted by Gasteiger charge is 2.20. The lowest BCUT2D eigenvalue weighted by Gasteiger charge is -2.24. The van der Waals surface area contributed by atoms with Gasteiger partial charge < -0.3 is 9.88 Å². The minimum Gasteiger partial charge on any atom is -0.317 e. The van der Waals surface area contributed by atoms with E-state index >= 15 is 0 Å². The standard InChI is InChI=1S/C14H15Cl2N3/c15-11-1-2-13(12(16)7-11)19-9-18-8-14(19)10-3-5-17-6-4-10/h1-2,7-10,17H,3-6H2. The molecule has 0 radical (unpaired) electrons. The fourth-order valence-electron chi connectivity index (χ4n) is 2.60. The van der Waals surface area contributed by atoms with Gasteiger partial charge in [0.2, 0.25) is 0 Å². The fraction of sp³-hybridized carbons (Fsp3) is 0.357. The fourth-order valence-corrected chi connectivity index (χ4v) is 3.10. The summed E-state index contributed by atoms with van der Waals surface area (Å²) in [6, 6.07) is 5.57. The van der Waals surface area contributed by atoms with E-state index in [2.05, 4.69) is 14.9 Å². The van der Waals surface area contributed by atoms with Crippen LogP contribution >= 0.6 is 23.2 Å². The average molecular weight is 296 g/mol. The molecule has 1 saturated heterocycles. The molecule has 1 aliphatic rings. The monoisotopic (exact) mass is 295 g/mol. The van der Waals surface area contributed by atoms with E-state index in [9.17, 15) is 0 Å². The van der Waals surface area contributed by atoms with Crippen LogP contribution in [0.1, 0.15) is 24.5 Å². The van der Waals surface area contributed by atoms with Crippen molar-refractivity contribution >= 4 is 23.2 Å². The van der Waals surface area contributed by atoms with Gasteiger partial charge in [-0.25, -0.2) is 4.98 Å². The van der Waals surface area contributed by atoms with Crippen molar-refractivity contribution in [3.8, 4) is 5.69 Å². The molecular formula is C14H15Cl2N3. The molecule has 0 aliphatic carbocycles. The Hall–Kier alpha value is -1.03. The van der Waals surface area contributed by atoms with E-state index in [1.807, 2.05) is 24.7 Å². The number of nitrogens with one attached hydrogen (secondary N) is 1. The van der Waals surface area contributed by atoms with Crippen molar-refractivity contribution in [3.05, 3.63) is 46.5 Å². The van der Waals surface area contributed by atoms with Gasteiger partial charge in [0.05, 0.1) is 17.0 Å². The molecule has 0 atom stereocenters. The topological polar surface area (TPSA) is 29.9 Å². The van der Waals surface area contributed by atoms with Gasteiger partial charge in [0.25, 0.3) is 0 Å². The third kappa shape index (κ3) is 2.64. The Kier molecular flexibility index (Phi) is 3.78. The Labute approximate surface area is 122 Å². The summed E-state index contributed by atoms with van der Waals surface area (Å²) in [5.74, 6) is 0.537. The van der Waals surface area contributed by atoms with Crippen LogP contribution < -0.4 is 5.32 Å². The van der Waals surface area contributed by atoms with E-state index < -0.39 is 0 Å². The second-order valence-electron chi connectivity index (χ2n) is 4.81. The maximum absolute atomic E-state index is 6.29. The number of piperidine rings is 1. The minimum absolute atomic E-state index is 0.537. The molecule has 5 heteroatoms. The van der Waals surface area contributed by atoms with Gasteiger partial charge >= 0.3 is 0 Å². The molecule has 100 valence electrons. The van der Waals surface area contributed by atoms with Gasteiger partial charge in [-0.2, -0.15) is 0 Å². The SMILES string of the molecule is Clc1ccc(-n2cncc2C2CCNCC2)c(Cl)c1. The highest BCUT2D eigenvalue weighted by Crippen LogP contribution is 2.30. The Morgan fingerprint density at radius 2 is 2.00 bits per heavy atom. The Balaban J connectivity index is 1.99. The zero-order valence-corrected chi connectivity index (χ0v) is 12.0. The third-order valence-electron chi connectivity index (χ3n) is 3.59. The number of hydrogen-bond acceptors (Lipinski definition) is 2. The molecule has 0 amide bonds. The number of hydrogen-bond donors (Lipinski definition) is 1. The van der Waals surface area contributed by atoms with E-state index in [1.54, 1.807) is 6.07 Å². The summed E-state index contributed by atoms with van der Waals surface area (Å²) in [5.41, 5.74) is 2.17. The van der Waals surface area contributed by atoms with Gasteiger partial charge in [-0.1, -0.05) is 23.2 Å². The predicted octanol–water partition coefficient (Wildman–Crippen LogP) is 3.65. The maximum Gasteiger partial charge on any atom is 0.0994 e. The van der Waals surface area contributed by atoms with Crippen LogP contribution in [-0.2, 0) is 0 Å². The van der Waals surface area contributed by atoms with Crippen molar-refractivity contribution in [2.45, 2.75) is 18.8 Å². The predicted molar refractivity (Wildman–Crippen MR) is 78.4 cm³/mol. The second kappa shape index (κ2) is 5.53. The zero-order valence-electron chi connectivity index (χ0n) is 10.4. The smallest absolute Gasteiger partial charge is 0.0994 e. The highest BCUT2D eigenvalue weighted by atomic mass is 35.5. The summed E-state index contributed by atoms with van der Waals surface area (Å²) in [6.07, 6.45) is 6.04. The van der Waals surface area contributed by atoms with E-state index in [0.717, 1.165) is 31.6 Å². The van der Waals surface area contributed by atoms with Crippen molar-refractivity contribution in [1.29, 1.82) is 0 Å². The first kappa shape index (κ1) is 13.0. The molecule has 0 spiro atoms. The highest BCUT2D eigenvalue weighted by molar-refractivity contribution is 6.35. The van der Waals surface area contributed by atoms with E-state index in [4.69, 9.17) is 23.2 Å². The summed E-state index contributed by atoms with van der Waals surface area (Å²) < 4.78 is 2.08. The molecule has 1 fully saturated rings. The zero-order chi connectivity index (χ0) is 13.2. The summed E-state index contributed by atoms with van der Waals surface area (Å²) in [6.45, 7) is 2.12. The lowest BCUT2D eigenvalue weighted by atomic mass is 9.95. The summed E-state index contributed by atoms with van der Waals surface area (Å²) in [5, 5.41) is 4.69. The first-order chi connectivity index (χ1) is 9.25. The van der Waals surface area contributed by atoms with Gasteiger partial charge in [0.15, 0.2) is 0 Å². The number of imidazole rings is 1. The van der Waals surface area contributed by atoms with Crippen LogP contribution in [0.25, 0.3) is 5.69 Å². The second-order valence-corrected chi connectivity index (χ2v) is 5.65. The lowest BCUT2D eigenvalue weighted by Crippen LogP contribution is -2.27. The van der Waals surface area contributed by atoms with Crippen molar-refractivity contribution < 1.29 is 0 Å².